The van der Waals surface area contributed by atoms with Gasteiger partial charge in [0.25, 0.3) is 0 Å². The summed E-state index contributed by atoms with van der Waals surface area (Å²) in [7, 11) is 0. The predicted octanol–water partition coefficient (Wildman–Crippen LogP) is 4.66. The Bertz CT molecular complexity index is 820. The molecule has 0 fully saturated rings. The molecule has 0 unspecified atom stereocenters. The fraction of sp³-hybridized carbons (Fsp3) is 0.188. The maximum atomic E-state index is 13.9. The Morgan fingerprint density at radius 2 is 1.71 bits per heavy atom. The molecule has 21 heavy (non-hydrogen) atoms. The Labute approximate surface area is 126 Å². The van der Waals surface area contributed by atoms with E-state index in [0.29, 0.717) is 11.3 Å². The van der Waals surface area contributed by atoms with Crippen LogP contribution < -0.4 is 0 Å². The molecule has 0 atom stereocenters. The lowest BCUT2D eigenvalue weighted by atomic mass is 10.1. The van der Waals surface area contributed by atoms with Crippen molar-refractivity contribution in [1.29, 1.82) is 0 Å². The van der Waals surface area contributed by atoms with E-state index in [9.17, 15) is 8.78 Å². The minimum atomic E-state index is -0.681. The van der Waals surface area contributed by atoms with Gasteiger partial charge in [-0.1, -0.05) is 6.07 Å². The summed E-state index contributed by atoms with van der Waals surface area (Å²) in [5.41, 5.74) is 3.43. The van der Waals surface area contributed by atoms with Gasteiger partial charge in [-0.2, -0.15) is 0 Å². The number of alkyl halides is 1. The Balaban J connectivity index is 2.39. The van der Waals surface area contributed by atoms with Gasteiger partial charge < -0.3 is 0 Å². The molecule has 0 spiro atoms. The van der Waals surface area contributed by atoms with E-state index < -0.39 is 11.6 Å². The number of hydrogen-bond donors (Lipinski definition) is 0. The highest BCUT2D eigenvalue weighted by Gasteiger charge is 2.16. The summed E-state index contributed by atoms with van der Waals surface area (Å²) in [4.78, 5) is 4.20. The largest absolute Gasteiger partial charge is 0.295 e. The molecule has 1 aromatic heterocycles. The number of aromatic nitrogens is 2. The van der Waals surface area contributed by atoms with Crippen molar-refractivity contribution < 1.29 is 8.78 Å². The lowest BCUT2D eigenvalue weighted by molar-refractivity contribution is 0.590. The van der Waals surface area contributed by atoms with Crippen molar-refractivity contribution >= 4 is 22.6 Å². The quantitative estimate of drug-likeness (QED) is 0.630. The molecule has 5 heteroatoms. The minimum absolute atomic E-state index is 0.114. The van der Waals surface area contributed by atoms with Crippen LogP contribution in [0.15, 0.2) is 30.3 Å². The van der Waals surface area contributed by atoms with Gasteiger partial charge in [-0.15, -0.1) is 11.6 Å². The highest BCUT2D eigenvalue weighted by molar-refractivity contribution is 6.17. The molecule has 0 aliphatic carbocycles. The summed E-state index contributed by atoms with van der Waals surface area (Å²) >= 11 is 5.93. The van der Waals surface area contributed by atoms with Crippen LogP contribution in [0.3, 0.4) is 0 Å². The van der Waals surface area contributed by atoms with E-state index in [1.54, 1.807) is 4.57 Å². The van der Waals surface area contributed by atoms with E-state index in [2.05, 4.69) is 4.98 Å². The summed E-state index contributed by atoms with van der Waals surface area (Å²) < 4.78 is 29.1. The molecular weight excluding hydrogens is 294 g/mol. The zero-order chi connectivity index (χ0) is 15.1. The van der Waals surface area contributed by atoms with Crippen molar-refractivity contribution in [3.63, 3.8) is 0 Å². The number of halogens is 3. The molecule has 0 saturated carbocycles. The summed E-state index contributed by atoms with van der Waals surface area (Å²) in [6, 6.07) is 8.02. The van der Waals surface area contributed by atoms with Crippen LogP contribution in [-0.4, -0.2) is 9.55 Å². The first kappa shape index (κ1) is 14.0. The van der Waals surface area contributed by atoms with Crippen molar-refractivity contribution in [2.24, 2.45) is 0 Å². The highest BCUT2D eigenvalue weighted by Crippen LogP contribution is 2.26. The monoisotopic (exact) mass is 306 g/mol. The topological polar surface area (TPSA) is 17.8 Å². The molecule has 0 saturated heterocycles. The van der Waals surface area contributed by atoms with Gasteiger partial charge >= 0.3 is 0 Å². The third-order valence-electron chi connectivity index (χ3n) is 3.33. The average Bonchev–Trinajstić information content (AvgIpc) is 2.76. The lowest BCUT2D eigenvalue weighted by Gasteiger charge is -2.10. The Morgan fingerprint density at radius 1 is 1.05 bits per heavy atom. The van der Waals surface area contributed by atoms with Crippen LogP contribution in [0.25, 0.3) is 16.7 Å². The summed E-state index contributed by atoms with van der Waals surface area (Å²) in [5, 5.41) is 0. The van der Waals surface area contributed by atoms with Crippen LogP contribution in [0.2, 0.25) is 0 Å². The zero-order valence-corrected chi connectivity index (χ0v) is 12.4. The maximum absolute atomic E-state index is 13.9. The van der Waals surface area contributed by atoms with Crippen LogP contribution in [0, 0.1) is 25.5 Å². The molecule has 2 nitrogen and oxygen atoms in total. The molecule has 3 rings (SSSR count). The highest BCUT2D eigenvalue weighted by atomic mass is 35.5. The van der Waals surface area contributed by atoms with Crippen molar-refractivity contribution in [3.8, 4) is 5.69 Å². The number of imidazole rings is 1. The first-order chi connectivity index (χ1) is 9.99. The fourth-order valence-electron chi connectivity index (χ4n) is 2.61. The van der Waals surface area contributed by atoms with Crippen LogP contribution in [0.5, 0.6) is 0 Å². The number of rotatable bonds is 2. The average molecular weight is 307 g/mol. The van der Waals surface area contributed by atoms with E-state index in [0.717, 1.165) is 22.9 Å². The SMILES string of the molecule is Cc1cc(C)cc(-n2c(CCl)nc3c(F)cc(F)cc32)c1. The Hall–Kier alpha value is -1.94. The second kappa shape index (κ2) is 5.11. The van der Waals surface area contributed by atoms with Gasteiger partial charge in [0.2, 0.25) is 0 Å². The number of aryl methyl sites for hydroxylation is 2. The predicted molar refractivity (Wildman–Crippen MR) is 80.0 cm³/mol. The number of hydrogen-bond acceptors (Lipinski definition) is 1. The maximum Gasteiger partial charge on any atom is 0.153 e. The van der Waals surface area contributed by atoms with Gasteiger partial charge in [-0.25, -0.2) is 13.8 Å². The molecule has 0 amide bonds. The third kappa shape index (κ3) is 2.40. The molecule has 0 bridgehead atoms. The van der Waals surface area contributed by atoms with E-state index in [1.165, 1.54) is 6.07 Å². The minimum Gasteiger partial charge on any atom is -0.295 e. The summed E-state index contributed by atoms with van der Waals surface area (Å²) in [5.74, 6) is -0.713. The number of nitrogens with zero attached hydrogens (tertiary/aromatic N) is 2. The van der Waals surface area contributed by atoms with E-state index in [-0.39, 0.29) is 11.4 Å². The molecule has 0 N–H and O–H groups in total. The van der Waals surface area contributed by atoms with Gasteiger partial charge in [-0.05, 0) is 37.1 Å². The fourth-order valence-corrected chi connectivity index (χ4v) is 2.79. The van der Waals surface area contributed by atoms with Gasteiger partial charge in [0.05, 0.1) is 11.4 Å². The summed E-state index contributed by atoms with van der Waals surface area (Å²) in [6.07, 6.45) is 0. The molecule has 0 aliphatic rings. The van der Waals surface area contributed by atoms with Crippen molar-refractivity contribution in [3.05, 3.63) is 58.9 Å². The van der Waals surface area contributed by atoms with Gasteiger partial charge in [-0.3, -0.25) is 4.57 Å². The van der Waals surface area contributed by atoms with E-state index >= 15 is 0 Å². The molecular formula is C16H13ClF2N2. The third-order valence-corrected chi connectivity index (χ3v) is 3.57. The summed E-state index contributed by atoms with van der Waals surface area (Å²) in [6.45, 7) is 3.94. The first-order valence-electron chi connectivity index (χ1n) is 6.50. The second-order valence-corrected chi connectivity index (χ2v) is 5.37. The molecule has 0 aliphatic heterocycles. The van der Waals surface area contributed by atoms with Gasteiger partial charge in [0.15, 0.2) is 5.82 Å². The molecule has 0 radical (unpaired) electrons. The first-order valence-corrected chi connectivity index (χ1v) is 7.04. The van der Waals surface area contributed by atoms with E-state index in [1.807, 2.05) is 32.0 Å². The molecule has 3 aromatic rings. The van der Waals surface area contributed by atoms with Crippen molar-refractivity contribution in [2.45, 2.75) is 19.7 Å². The zero-order valence-electron chi connectivity index (χ0n) is 11.6. The Morgan fingerprint density at radius 3 is 2.33 bits per heavy atom. The molecule has 1 heterocycles. The van der Waals surface area contributed by atoms with Crippen molar-refractivity contribution in [1.82, 2.24) is 9.55 Å². The Kier molecular flexibility index (Phi) is 3.41. The number of benzene rings is 2. The van der Waals surface area contributed by atoms with Crippen LogP contribution in [0.4, 0.5) is 8.78 Å². The second-order valence-electron chi connectivity index (χ2n) is 5.10. The molecule has 2 aromatic carbocycles. The molecule has 108 valence electrons. The van der Waals surface area contributed by atoms with Gasteiger partial charge in [0.1, 0.15) is 17.2 Å². The normalized spacial score (nSPS) is 11.3. The standard InChI is InChI=1S/C16H13ClF2N2/c1-9-3-10(2)5-12(4-9)21-14-7-11(18)6-13(19)16(14)20-15(21)8-17/h3-7H,8H2,1-2H3. The number of fused-ring (bicyclic) bond motifs is 1. The lowest BCUT2D eigenvalue weighted by Crippen LogP contribution is -2.00. The smallest absolute Gasteiger partial charge is 0.153 e. The van der Waals surface area contributed by atoms with Gasteiger partial charge in [0, 0.05) is 17.8 Å². The van der Waals surface area contributed by atoms with Crippen molar-refractivity contribution in [2.75, 3.05) is 0 Å². The van der Waals surface area contributed by atoms with E-state index in [4.69, 9.17) is 11.6 Å². The van der Waals surface area contributed by atoms with Crippen LogP contribution in [-0.2, 0) is 5.88 Å². The van der Waals surface area contributed by atoms with Crippen LogP contribution in [0.1, 0.15) is 17.0 Å². The van der Waals surface area contributed by atoms with Crippen LogP contribution >= 0.6 is 11.6 Å².